The molecule has 2 aromatic carbocycles. The molecule has 0 aliphatic carbocycles. The van der Waals surface area contributed by atoms with Crippen molar-refractivity contribution < 1.29 is 8.95 Å². The van der Waals surface area contributed by atoms with E-state index >= 15 is 0 Å². The number of rotatable bonds is 4. The Morgan fingerprint density at radius 2 is 1.85 bits per heavy atom. The van der Waals surface area contributed by atoms with Crippen molar-refractivity contribution in [3.63, 3.8) is 0 Å². The van der Waals surface area contributed by atoms with Crippen molar-refractivity contribution in [1.29, 1.82) is 0 Å². The van der Waals surface area contributed by atoms with Gasteiger partial charge in [0, 0.05) is 23.5 Å². The van der Waals surface area contributed by atoms with Crippen molar-refractivity contribution >= 4 is 38.5 Å². The van der Waals surface area contributed by atoms with Gasteiger partial charge in [0.05, 0.1) is 26.8 Å². The summed E-state index contributed by atoms with van der Waals surface area (Å²) in [7, 11) is 0.740. The van der Waals surface area contributed by atoms with Crippen LogP contribution in [0.3, 0.4) is 0 Å². The monoisotopic (exact) mass is 469 g/mol. The van der Waals surface area contributed by atoms with Gasteiger partial charge < -0.3 is 4.74 Å². The Kier molecular flexibility index (Phi) is 5.80. The zero-order valence-corrected chi connectivity index (χ0v) is 19.4. The molecule has 3 rings (SSSR count). The van der Waals surface area contributed by atoms with Gasteiger partial charge in [0.2, 0.25) is 0 Å². The molecule has 27 heavy (non-hydrogen) atoms. The lowest BCUT2D eigenvalue weighted by Crippen LogP contribution is -2.53. The zero-order chi connectivity index (χ0) is 20.0. The highest BCUT2D eigenvalue weighted by atomic mass is 79.9. The average Bonchev–Trinajstić information content (AvgIpc) is 3.04. The summed E-state index contributed by atoms with van der Waals surface area (Å²) in [6.07, 6.45) is 0.653. The van der Waals surface area contributed by atoms with E-state index in [0.717, 1.165) is 21.3 Å². The molecule has 6 heteroatoms. The Bertz CT molecular complexity index is 868. The standard InChI is InChI=1S/C21H25BrClNO2S/c1-14(24(5)27(25)20(2,3)4)21(15-9-7-6-8-10-15)13-16-18(26-21)12-11-17(23)19(16)22/h6-12,14H,13H2,1-5H3/t14?,21-,27?/m1/s1. The van der Waals surface area contributed by atoms with Gasteiger partial charge in [-0.1, -0.05) is 41.9 Å². The van der Waals surface area contributed by atoms with Gasteiger partial charge in [-0.05, 0) is 61.3 Å². The van der Waals surface area contributed by atoms with Crippen molar-refractivity contribution in [3.05, 3.63) is 63.1 Å². The number of benzene rings is 2. The first-order valence-electron chi connectivity index (χ1n) is 8.94. The molecule has 0 fully saturated rings. The maximum absolute atomic E-state index is 13.1. The Hall–Kier alpha value is -0.880. The second-order valence-electron chi connectivity index (χ2n) is 7.96. The van der Waals surface area contributed by atoms with Crippen LogP contribution in [0.25, 0.3) is 0 Å². The molecule has 2 unspecified atom stereocenters. The molecule has 3 nitrogen and oxygen atoms in total. The van der Waals surface area contributed by atoms with Crippen molar-refractivity contribution in [3.8, 4) is 5.75 Å². The highest BCUT2D eigenvalue weighted by Crippen LogP contribution is 2.49. The summed E-state index contributed by atoms with van der Waals surface area (Å²) >= 11 is 9.94. The lowest BCUT2D eigenvalue weighted by Gasteiger charge is -2.41. The van der Waals surface area contributed by atoms with Gasteiger partial charge >= 0.3 is 0 Å². The smallest absolute Gasteiger partial charge is 0.154 e. The number of hydrogen-bond donors (Lipinski definition) is 0. The third-order valence-electron chi connectivity index (χ3n) is 5.15. The Morgan fingerprint density at radius 3 is 2.44 bits per heavy atom. The summed E-state index contributed by atoms with van der Waals surface area (Å²) < 4.78 is 22.1. The molecular formula is C21H25BrClNO2S. The molecular weight excluding hydrogens is 446 g/mol. The minimum absolute atomic E-state index is 0.127. The van der Waals surface area contributed by atoms with Crippen LogP contribution in [0.1, 0.15) is 38.8 Å². The molecule has 0 N–H and O–H groups in total. The van der Waals surface area contributed by atoms with Crippen LogP contribution in [0, 0.1) is 0 Å². The maximum atomic E-state index is 13.1. The number of likely N-dealkylation sites (N-methyl/N-ethyl adjacent to an activating group) is 1. The molecule has 3 atom stereocenters. The van der Waals surface area contributed by atoms with Gasteiger partial charge in [-0.2, -0.15) is 0 Å². The average molecular weight is 471 g/mol. The van der Waals surface area contributed by atoms with E-state index in [1.807, 2.05) is 62.5 Å². The molecule has 1 aliphatic rings. The van der Waals surface area contributed by atoms with Crippen LogP contribution in [0.2, 0.25) is 5.02 Å². The SMILES string of the molecule is CC(N(C)S(=O)C(C)(C)C)[C@@]1(c2ccccc2)Cc2c(ccc(Cl)c2Br)O1. The van der Waals surface area contributed by atoms with Crippen LogP contribution in [-0.2, 0) is 23.0 Å². The summed E-state index contributed by atoms with van der Waals surface area (Å²) in [4.78, 5) is 0. The van der Waals surface area contributed by atoms with E-state index in [0.29, 0.717) is 11.4 Å². The third kappa shape index (κ3) is 3.71. The van der Waals surface area contributed by atoms with E-state index in [1.165, 1.54) is 0 Å². The fraction of sp³-hybridized carbons (Fsp3) is 0.429. The molecule has 0 saturated carbocycles. The number of nitrogens with zero attached hydrogens (tertiary/aromatic N) is 1. The molecule has 0 radical (unpaired) electrons. The molecule has 1 heterocycles. The largest absolute Gasteiger partial charge is 0.480 e. The second-order valence-corrected chi connectivity index (χ2v) is 11.5. The maximum Gasteiger partial charge on any atom is 0.154 e. The number of ether oxygens (including phenoxy) is 1. The molecule has 0 saturated heterocycles. The van der Waals surface area contributed by atoms with E-state index in [-0.39, 0.29) is 10.8 Å². The molecule has 0 bridgehead atoms. The summed E-state index contributed by atoms with van der Waals surface area (Å²) in [6, 6.07) is 13.8. The van der Waals surface area contributed by atoms with Crippen molar-refractivity contribution in [2.75, 3.05) is 7.05 Å². The molecule has 0 aromatic heterocycles. The fourth-order valence-electron chi connectivity index (χ4n) is 3.55. The minimum atomic E-state index is -1.17. The van der Waals surface area contributed by atoms with Gasteiger partial charge in [-0.3, -0.25) is 0 Å². The van der Waals surface area contributed by atoms with Crippen LogP contribution in [0.5, 0.6) is 5.75 Å². The zero-order valence-electron chi connectivity index (χ0n) is 16.3. The van der Waals surface area contributed by atoms with Crippen LogP contribution < -0.4 is 4.74 Å². The van der Waals surface area contributed by atoms with Gasteiger partial charge in [0.25, 0.3) is 0 Å². The van der Waals surface area contributed by atoms with E-state index in [9.17, 15) is 4.21 Å². The fourth-order valence-corrected chi connectivity index (χ4v) is 5.52. The molecule has 2 aromatic rings. The first-order valence-corrected chi connectivity index (χ1v) is 11.2. The van der Waals surface area contributed by atoms with Crippen LogP contribution in [0.15, 0.2) is 46.9 Å². The van der Waals surface area contributed by atoms with Crippen molar-refractivity contribution in [1.82, 2.24) is 4.31 Å². The van der Waals surface area contributed by atoms with E-state index in [1.54, 1.807) is 0 Å². The number of hydrogen-bond acceptors (Lipinski definition) is 2. The first-order chi connectivity index (χ1) is 12.6. The Morgan fingerprint density at radius 1 is 1.22 bits per heavy atom. The third-order valence-corrected chi connectivity index (χ3v) is 8.49. The lowest BCUT2D eigenvalue weighted by molar-refractivity contribution is 0.0307. The van der Waals surface area contributed by atoms with Gasteiger partial charge in [-0.25, -0.2) is 8.51 Å². The van der Waals surface area contributed by atoms with E-state index in [4.69, 9.17) is 16.3 Å². The predicted octanol–water partition coefficient (Wildman–Crippen LogP) is 5.72. The first kappa shape index (κ1) is 20.8. The molecule has 0 amide bonds. The van der Waals surface area contributed by atoms with Gasteiger partial charge in [0.15, 0.2) is 5.60 Å². The van der Waals surface area contributed by atoms with Crippen molar-refractivity contribution in [2.24, 2.45) is 0 Å². The Labute approximate surface area is 177 Å². The topological polar surface area (TPSA) is 29.5 Å². The van der Waals surface area contributed by atoms with E-state index < -0.39 is 16.6 Å². The van der Waals surface area contributed by atoms with Crippen LogP contribution >= 0.6 is 27.5 Å². The number of halogens is 2. The molecule has 146 valence electrons. The summed E-state index contributed by atoms with van der Waals surface area (Å²) in [6.45, 7) is 8.05. The normalized spacial score (nSPS) is 21.6. The van der Waals surface area contributed by atoms with Crippen molar-refractivity contribution in [2.45, 2.75) is 50.5 Å². The summed E-state index contributed by atoms with van der Waals surface area (Å²) in [5.41, 5.74) is 1.47. The highest BCUT2D eigenvalue weighted by Gasteiger charge is 2.49. The quantitative estimate of drug-likeness (QED) is 0.572. The molecule has 1 aliphatic heterocycles. The summed E-state index contributed by atoms with van der Waals surface area (Å²) in [5, 5.41) is 0.667. The minimum Gasteiger partial charge on any atom is -0.480 e. The highest BCUT2D eigenvalue weighted by molar-refractivity contribution is 9.10. The predicted molar refractivity (Wildman–Crippen MR) is 117 cm³/mol. The van der Waals surface area contributed by atoms with Gasteiger partial charge in [-0.15, -0.1) is 0 Å². The Balaban J connectivity index is 2.09. The van der Waals surface area contributed by atoms with Crippen LogP contribution in [-0.4, -0.2) is 26.4 Å². The van der Waals surface area contributed by atoms with Crippen LogP contribution in [0.4, 0.5) is 0 Å². The second kappa shape index (κ2) is 7.51. The number of fused-ring (bicyclic) bond motifs is 1. The summed E-state index contributed by atoms with van der Waals surface area (Å²) in [5.74, 6) is 0.817. The van der Waals surface area contributed by atoms with E-state index in [2.05, 4.69) is 35.0 Å². The lowest BCUT2D eigenvalue weighted by atomic mass is 9.83. The molecule has 0 spiro atoms. The van der Waals surface area contributed by atoms with Gasteiger partial charge in [0.1, 0.15) is 5.75 Å².